The van der Waals surface area contributed by atoms with E-state index < -0.39 is 0 Å². The molecule has 1 aliphatic carbocycles. The van der Waals surface area contributed by atoms with Gasteiger partial charge in [0.25, 0.3) is 0 Å². The van der Waals surface area contributed by atoms with Crippen molar-refractivity contribution in [2.24, 2.45) is 18.9 Å². The van der Waals surface area contributed by atoms with E-state index in [-0.39, 0.29) is 0 Å². The first-order valence-corrected chi connectivity index (χ1v) is 5.74. The number of piperidine rings is 1. The summed E-state index contributed by atoms with van der Waals surface area (Å²) in [5, 5.41) is 3.41. The standard InChI is InChI=1S/C9H12IN3/c1-13-4-7(10)12-9(13)8-5-2-11-3-6(5)8/h4-6,8,11H,2-3H2,1H3/t5-,6+,8+. The first-order valence-electron chi connectivity index (χ1n) is 4.67. The normalized spacial score (nSPS) is 36.3. The van der Waals surface area contributed by atoms with E-state index in [4.69, 9.17) is 0 Å². The van der Waals surface area contributed by atoms with Gasteiger partial charge >= 0.3 is 0 Å². The molecule has 0 bridgehead atoms. The van der Waals surface area contributed by atoms with Crippen LogP contribution in [-0.2, 0) is 7.05 Å². The maximum atomic E-state index is 4.58. The predicted molar refractivity (Wildman–Crippen MR) is 58.5 cm³/mol. The molecule has 0 aromatic carbocycles. The monoisotopic (exact) mass is 289 g/mol. The van der Waals surface area contributed by atoms with Crippen LogP contribution < -0.4 is 5.32 Å². The highest BCUT2D eigenvalue weighted by Gasteiger charge is 2.55. The van der Waals surface area contributed by atoms with Gasteiger partial charge in [-0.1, -0.05) is 0 Å². The summed E-state index contributed by atoms with van der Waals surface area (Å²) in [4.78, 5) is 4.58. The molecule has 0 radical (unpaired) electrons. The summed E-state index contributed by atoms with van der Waals surface area (Å²) >= 11 is 2.28. The minimum atomic E-state index is 0.745. The van der Waals surface area contributed by atoms with E-state index in [0.717, 1.165) is 21.5 Å². The van der Waals surface area contributed by atoms with E-state index in [1.54, 1.807) is 0 Å². The molecule has 1 saturated carbocycles. The molecule has 1 N–H and O–H groups in total. The van der Waals surface area contributed by atoms with E-state index in [1.165, 1.54) is 18.9 Å². The minimum Gasteiger partial charge on any atom is -0.337 e. The van der Waals surface area contributed by atoms with Crippen LogP contribution in [0.4, 0.5) is 0 Å². The Morgan fingerprint density at radius 3 is 2.77 bits per heavy atom. The van der Waals surface area contributed by atoms with E-state index >= 15 is 0 Å². The molecule has 1 aromatic heterocycles. The third kappa shape index (κ3) is 1.15. The number of imidazole rings is 1. The van der Waals surface area contributed by atoms with Gasteiger partial charge in [-0.3, -0.25) is 0 Å². The Morgan fingerprint density at radius 2 is 2.23 bits per heavy atom. The SMILES string of the molecule is Cn1cc(I)nc1[C@H]1[C@@H]2CNC[C@@H]21. The Labute approximate surface area is 91.1 Å². The van der Waals surface area contributed by atoms with E-state index in [9.17, 15) is 0 Å². The van der Waals surface area contributed by atoms with Crippen LogP contribution in [0.15, 0.2) is 6.20 Å². The number of aromatic nitrogens is 2. The van der Waals surface area contributed by atoms with Gasteiger partial charge in [0.05, 0.1) is 0 Å². The first kappa shape index (κ1) is 8.23. The van der Waals surface area contributed by atoms with E-state index in [0.29, 0.717) is 0 Å². The van der Waals surface area contributed by atoms with Crippen molar-refractivity contribution in [1.29, 1.82) is 0 Å². The highest BCUT2D eigenvalue weighted by molar-refractivity contribution is 14.1. The van der Waals surface area contributed by atoms with Crippen LogP contribution in [0.3, 0.4) is 0 Å². The van der Waals surface area contributed by atoms with Gasteiger partial charge in [-0.25, -0.2) is 4.98 Å². The third-order valence-corrected chi connectivity index (χ3v) is 3.79. The Bertz CT molecular complexity index is 337. The van der Waals surface area contributed by atoms with Gasteiger partial charge in [0.1, 0.15) is 9.53 Å². The van der Waals surface area contributed by atoms with Gasteiger partial charge in [0, 0.05) is 19.2 Å². The fourth-order valence-corrected chi connectivity index (χ4v) is 3.22. The molecule has 1 aromatic rings. The molecule has 2 heterocycles. The third-order valence-electron chi connectivity index (χ3n) is 3.27. The zero-order valence-electron chi connectivity index (χ0n) is 7.50. The van der Waals surface area contributed by atoms with Crippen molar-refractivity contribution in [1.82, 2.24) is 14.9 Å². The Morgan fingerprint density at radius 1 is 1.54 bits per heavy atom. The van der Waals surface area contributed by atoms with Gasteiger partial charge in [-0.2, -0.15) is 0 Å². The summed E-state index contributed by atoms with van der Waals surface area (Å²) in [6.45, 7) is 2.39. The van der Waals surface area contributed by atoms with Gasteiger partial charge in [-0.05, 0) is 47.5 Å². The molecule has 3 atom stereocenters. The second-order valence-corrected chi connectivity index (χ2v) is 5.15. The van der Waals surface area contributed by atoms with Gasteiger partial charge in [0.2, 0.25) is 0 Å². The maximum Gasteiger partial charge on any atom is 0.119 e. The van der Waals surface area contributed by atoms with Crippen LogP contribution in [0, 0.1) is 15.5 Å². The Hall–Kier alpha value is -0.100. The molecule has 0 unspecified atom stereocenters. The highest BCUT2D eigenvalue weighted by atomic mass is 127. The fraction of sp³-hybridized carbons (Fsp3) is 0.667. The van der Waals surface area contributed by atoms with Crippen LogP contribution in [0.25, 0.3) is 0 Å². The zero-order valence-corrected chi connectivity index (χ0v) is 9.65. The molecule has 4 heteroatoms. The molecule has 70 valence electrons. The van der Waals surface area contributed by atoms with Crippen LogP contribution in [0.2, 0.25) is 0 Å². The molecular weight excluding hydrogens is 277 g/mol. The largest absolute Gasteiger partial charge is 0.337 e. The number of rotatable bonds is 1. The minimum absolute atomic E-state index is 0.745. The van der Waals surface area contributed by atoms with Crippen molar-refractivity contribution >= 4 is 22.6 Å². The van der Waals surface area contributed by atoms with Crippen LogP contribution in [-0.4, -0.2) is 22.6 Å². The van der Waals surface area contributed by atoms with Crippen molar-refractivity contribution in [3.63, 3.8) is 0 Å². The van der Waals surface area contributed by atoms with Crippen molar-refractivity contribution in [2.45, 2.75) is 5.92 Å². The lowest BCUT2D eigenvalue weighted by Gasteiger charge is -2.03. The second kappa shape index (κ2) is 2.70. The summed E-state index contributed by atoms with van der Waals surface area (Å²) < 4.78 is 3.30. The Kier molecular flexibility index (Phi) is 1.71. The molecule has 2 fully saturated rings. The van der Waals surface area contributed by atoms with Crippen molar-refractivity contribution in [3.05, 3.63) is 15.7 Å². The van der Waals surface area contributed by atoms with Crippen molar-refractivity contribution < 1.29 is 0 Å². The van der Waals surface area contributed by atoms with Crippen molar-refractivity contribution in [3.8, 4) is 0 Å². The molecule has 13 heavy (non-hydrogen) atoms. The number of hydrogen-bond donors (Lipinski definition) is 1. The smallest absolute Gasteiger partial charge is 0.119 e. The number of aryl methyl sites for hydroxylation is 1. The maximum absolute atomic E-state index is 4.58. The summed E-state index contributed by atoms with van der Waals surface area (Å²) in [5.74, 6) is 3.78. The molecule has 3 rings (SSSR count). The molecular formula is C9H12IN3. The average Bonchev–Trinajstić information content (AvgIpc) is 2.47. The quantitative estimate of drug-likeness (QED) is 0.780. The van der Waals surface area contributed by atoms with E-state index in [2.05, 4.69) is 50.7 Å². The number of nitrogens with one attached hydrogen (secondary N) is 1. The van der Waals surface area contributed by atoms with E-state index in [1.807, 2.05) is 0 Å². The summed E-state index contributed by atoms with van der Waals surface area (Å²) in [5.41, 5.74) is 0. The molecule has 3 nitrogen and oxygen atoms in total. The fourth-order valence-electron chi connectivity index (χ4n) is 2.55. The van der Waals surface area contributed by atoms with Crippen LogP contribution in [0.1, 0.15) is 11.7 Å². The summed E-state index contributed by atoms with van der Waals surface area (Å²) in [6, 6.07) is 0. The predicted octanol–water partition coefficient (Wildman–Crippen LogP) is 0.958. The lowest BCUT2D eigenvalue weighted by Crippen LogP contribution is -2.15. The number of nitrogens with zero attached hydrogens (tertiary/aromatic N) is 2. The topological polar surface area (TPSA) is 29.9 Å². The highest BCUT2D eigenvalue weighted by Crippen LogP contribution is 2.55. The van der Waals surface area contributed by atoms with Gasteiger partial charge in [0.15, 0.2) is 0 Å². The number of hydrogen-bond acceptors (Lipinski definition) is 2. The molecule has 2 aliphatic rings. The summed E-state index contributed by atoms with van der Waals surface area (Å²) in [6.07, 6.45) is 2.11. The summed E-state index contributed by atoms with van der Waals surface area (Å²) in [7, 11) is 2.10. The molecule has 0 spiro atoms. The van der Waals surface area contributed by atoms with Crippen molar-refractivity contribution in [2.75, 3.05) is 13.1 Å². The Balaban J connectivity index is 1.90. The first-order chi connectivity index (χ1) is 6.27. The number of halogens is 1. The molecule has 0 amide bonds. The molecule has 1 aliphatic heterocycles. The molecule has 1 saturated heterocycles. The van der Waals surface area contributed by atoms with Gasteiger partial charge < -0.3 is 9.88 Å². The average molecular weight is 289 g/mol. The lowest BCUT2D eigenvalue weighted by molar-refractivity contribution is 0.642. The number of fused-ring (bicyclic) bond motifs is 1. The lowest BCUT2D eigenvalue weighted by atomic mass is 10.2. The van der Waals surface area contributed by atoms with Gasteiger partial charge in [-0.15, -0.1) is 0 Å². The second-order valence-electron chi connectivity index (χ2n) is 4.04. The van der Waals surface area contributed by atoms with Crippen LogP contribution in [0.5, 0.6) is 0 Å². The zero-order chi connectivity index (χ0) is 9.00. The van der Waals surface area contributed by atoms with Crippen LogP contribution >= 0.6 is 22.6 Å².